The normalized spacial score (nSPS) is 14.1. The third-order valence-corrected chi connectivity index (χ3v) is 2.59. The summed E-state index contributed by atoms with van der Waals surface area (Å²) >= 11 is 0. The highest BCUT2D eigenvalue weighted by atomic mass is 16.5. The van der Waals surface area contributed by atoms with E-state index in [0.29, 0.717) is 6.73 Å². The molecular weight excluding hydrogens is 202 g/mol. The molecule has 1 atom stereocenters. The summed E-state index contributed by atoms with van der Waals surface area (Å²) in [5.41, 5.74) is 0. The molecule has 1 N–H and O–H groups in total. The van der Waals surface area contributed by atoms with Gasteiger partial charge in [0, 0.05) is 0 Å². The van der Waals surface area contributed by atoms with E-state index in [9.17, 15) is 5.11 Å². The lowest BCUT2D eigenvalue weighted by Crippen LogP contribution is -2.46. The predicted molar refractivity (Wildman–Crippen MR) is 68.2 cm³/mol. The van der Waals surface area contributed by atoms with E-state index in [-0.39, 0.29) is 6.10 Å². The maximum Gasteiger partial charge on any atom is 0.182 e. The third-order valence-electron chi connectivity index (χ3n) is 2.59. The van der Waals surface area contributed by atoms with E-state index in [1.165, 1.54) is 25.7 Å². The van der Waals surface area contributed by atoms with Crippen LogP contribution in [0.5, 0.6) is 0 Å². The Hall–Kier alpha value is -0.120. The lowest BCUT2D eigenvalue weighted by Gasteiger charge is -2.30. The SMILES string of the molecule is CCCCCCCOC[N+](C)(C)CC(C)O. The van der Waals surface area contributed by atoms with Gasteiger partial charge in [-0.15, -0.1) is 0 Å². The summed E-state index contributed by atoms with van der Waals surface area (Å²) in [6, 6.07) is 0. The van der Waals surface area contributed by atoms with Gasteiger partial charge < -0.3 is 14.3 Å². The van der Waals surface area contributed by atoms with Gasteiger partial charge in [-0.3, -0.25) is 0 Å². The average molecular weight is 232 g/mol. The van der Waals surface area contributed by atoms with E-state index in [2.05, 4.69) is 21.0 Å². The van der Waals surface area contributed by atoms with Crippen molar-refractivity contribution >= 4 is 0 Å². The molecular formula is C13H30NO2+. The van der Waals surface area contributed by atoms with Gasteiger partial charge in [-0.2, -0.15) is 0 Å². The molecule has 0 saturated carbocycles. The van der Waals surface area contributed by atoms with Crippen LogP contribution in [0.25, 0.3) is 0 Å². The van der Waals surface area contributed by atoms with Crippen LogP contribution in [0.15, 0.2) is 0 Å². The van der Waals surface area contributed by atoms with Crippen molar-refractivity contribution < 1.29 is 14.3 Å². The highest BCUT2D eigenvalue weighted by Gasteiger charge is 2.17. The molecule has 0 aromatic heterocycles. The van der Waals surface area contributed by atoms with Crippen LogP contribution in [0, 0.1) is 0 Å². The highest BCUT2D eigenvalue weighted by Crippen LogP contribution is 2.04. The molecule has 0 heterocycles. The van der Waals surface area contributed by atoms with Crippen LogP contribution < -0.4 is 0 Å². The van der Waals surface area contributed by atoms with Crippen molar-refractivity contribution in [1.82, 2.24) is 0 Å². The fourth-order valence-corrected chi connectivity index (χ4v) is 1.89. The first-order valence-corrected chi connectivity index (χ1v) is 6.56. The van der Waals surface area contributed by atoms with Crippen LogP contribution in [-0.2, 0) is 4.74 Å². The maximum atomic E-state index is 9.32. The Bertz CT molecular complexity index is 158. The monoisotopic (exact) mass is 232 g/mol. The smallest absolute Gasteiger partial charge is 0.182 e. The van der Waals surface area contributed by atoms with E-state index < -0.39 is 0 Å². The van der Waals surface area contributed by atoms with Crippen molar-refractivity contribution in [2.45, 2.75) is 52.1 Å². The molecule has 0 fully saturated rings. The number of likely N-dealkylation sites (N-methyl/N-ethyl adjacent to an activating group) is 1. The molecule has 0 amide bonds. The molecule has 0 radical (unpaired) electrons. The Morgan fingerprint density at radius 1 is 1.12 bits per heavy atom. The summed E-state index contributed by atoms with van der Waals surface area (Å²) < 4.78 is 6.37. The second-order valence-electron chi connectivity index (χ2n) is 5.42. The van der Waals surface area contributed by atoms with Crippen LogP contribution in [-0.4, -0.2) is 49.7 Å². The summed E-state index contributed by atoms with van der Waals surface area (Å²) in [7, 11) is 4.17. The van der Waals surface area contributed by atoms with Gasteiger partial charge in [0.25, 0.3) is 0 Å². The molecule has 0 spiro atoms. The van der Waals surface area contributed by atoms with Crippen LogP contribution >= 0.6 is 0 Å². The van der Waals surface area contributed by atoms with E-state index in [0.717, 1.165) is 24.1 Å². The molecule has 0 rings (SSSR count). The number of aliphatic hydroxyl groups is 1. The van der Waals surface area contributed by atoms with Crippen LogP contribution in [0.2, 0.25) is 0 Å². The minimum absolute atomic E-state index is 0.261. The number of nitrogens with zero attached hydrogens (tertiary/aromatic N) is 1. The molecule has 16 heavy (non-hydrogen) atoms. The van der Waals surface area contributed by atoms with E-state index in [1.807, 2.05) is 6.92 Å². The zero-order valence-corrected chi connectivity index (χ0v) is 11.5. The molecule has 98 valence electrons. The maximum absolute atomic E-state index is 9.32. The third kappa shape index (κ3) is 10.4. The van der Waals surface area contributed by atoms with Crippen LogP contribution in [0.3, 0.4) is 0 Å². The molecule has 0 aliphatic carbocycles. The molecule has 0 aliphatic heterocycles. The van der Waals surface area contributed by atoms with Crippen molar-refractivity contribution in [1.29, 1.82) is 0 Å². The number of ether oxygens (including phenoxy) is 1. The Morgan fingerprint density at radius 3 is 2.31 bits per heavy atom. The van der Waals surface area contributed by atoms with E-state index in [4.69, 9.17) is 4.74 Å². The predicted octanol–water partition coefficient (Wildman–Crippen LogP) is 2.39. The average Bonchev–Trinajstić information content (AvgIpc) is 2.14. The van der Waals surface area contributed by atoms with Crippen LogP contribution in [0.1, 0.15) is 46.0 Å². The second-order valence-corrected chi connectivity index (χ2v) is 5.42. The number of quaternary nitrogens is 1. The van der Waals surface area contributed by atoms with Gasteiger partial charge in [0.1, 0.15) is 12.6 Å². The summed E-state index contributed by atoms with van der Waals surface area (Å²) in [5, 5.41) is 9.32. The van der Waals surface area contributed by atoms with E-state index >= 15 is 0 Å². The van der Waals surface area contributed by atoms with Gasteiger partial charge in [0.15, 0.2) is 6.73 Å². The molecule has 3 heteroatoms. The molecule has 3 nitrogen and oxygen atoms in total. The summed E-state index contributed by atoms with van der Waals surface area (Å²) in [6.45, 7) is 6.34. The molecule has 0 bridgehead atoms. The first-order chi connectivity index (χ1) is 7.48. The summed E-state index contributed by atoms with van der Waals surface area (Å²) in [5.74, 6) is 0. The lowest BCUT2D eigenvalue weighted by molar-refractivity contribution is -0.912. The van der Waals surface area contributed by atoms with Crippen molar-refractivity contribution in [3.8, 4) is 0 Å². The standard InChI is InChI=1S/C13H30NO2/c1-5-6-7-8-9-10-16-12-14(3,4)11-13(2)15/h13,15H,5-12H2,1-4H3/q+1. The van der Waals surface area contributed by atoms with Gasteiger partial charge >= 0.3 is 0 Å². The Morgan fingerprint density at radius 2 is 1.75 bits per heavy atom. The number of aliphatic hydroxyl groups excluding tert-OH is 1. The lowest BCUT2D eigenvalue weighted by atomic mass is 10.2. The first-order valence-electron chi connectivity index (χ1n) is 6.56. The number of unbranched alkanes of at least 4 members (excludes halogenated alkanes) is 4. The second kappa shape index (κ2) is 8.97. The molecule has 0 aromatic carbocycles. The minimum atomic E-state index is -0.261. The Kier molecular flexibility index (Phi) is 8.90. The fraction of sp³-hybridized carbons (Fsp3) is 1.00. The van der Waals surface area contributed by atoms with Gasteiger partial charge in [0.05, 0.1) is 20.7 Å². The molecule has 1 unspecified atom stereocenters. The van der Waals surface area contributed by atoms with Crippen LogP contribution in [0.4, 0.5) is 0 Å². The highest BCUT2D eigenvalue weighted by molar-refractivity contribution is 4.42. The van der Waals surface area contributed by atoms with Crippen molar-refractivity contribution in [3.63, 3.8) is 0 Å². The van der Waals surface area contributed by atoms with Crippen molar-refractivity contribution in [2.24, 2.45) is 0 Å². The number of hydrogen-bond acceptors (Lipinski definition) is 2. The summed E-state index contributed by atoms with van der Waals surface area (Å²) in [6.07, 6.45) is 6.13. The minimum Gasteiger partial charge on any atom is -0.388 e. The van der Waals surface area contributed by atoms with Gasteiger partial charge in [-0.1, -0.05) is 32.6 Å². The Labute approximate surface area is 101 Å². The van der Waals surface area contributed by atoms with Gasteiger partial charge in [0.2, 0.25) is 0 Å². The van der Waals surface area contributed by atoms with Crippen molar-refractivity contribution in [2.75, 3.05) is 34.0 Å². The fourth-order valence-electron chi connectivity index (χ4n) is 1.89. The number of rotatable bonds is 10. The van der Waals surface area contributed by atoms with Gasteiger partial charge in [-0.25, -0.2) is 0 Å². The summed E-state index contributed by atoms with van der Waals surface area (Å²) in [4.78, 5) is 0. The van der Waals surface area contributed by atoms with Crippen molar-refractivity contribution in [3.05, 3.63) is 0 Å². The molecule has 0 saturated heterocycles. The molecule has 0 aliphatic rings. The Balaban J connectivity index is 3.36. The quantitative estimate of drug-likeness (QED) is 0.356. The van der Waals surface area contributed by atoms with E-state index in [1.54, 1.807) is 0 Å². The van der Waals surface area contributed by atoms with Gasteiger partial charge in [-0.05, 0) is 13.3 Å². The number of hydrogen-bond donors (Lipinski definition) is 1. The topological polar surface area (TPSA) is 29.5 Å². The first kappa shape index (κ1) is 15.9. The zero-order chi connectivity index (χ0) is 12.4. The zero-order valence-electron chi connectivity index (χ0n) is 11.5. The largest absolute Gasteiger partial charge is 0.388 e. The molecule has 0 aromatic rings.